The molecule has 1 saturated carbocycles. The van der Waals surface area contributed by atoms with Crippen LogP contribution in [0.25, 0.3) is 0 Å². The van der Waals surface area contributed by atoms with Crippen LogP contribution in [0.4, 0.5) is 4.39 Å². The molecule has 0 bridgehead atoms. The van der Waals surface area contributed by atoms with Gasteiger partial charge < -0.3 is 14.6 Å². The number of benzene rings is 1. The molecule has 1 fully saturated rings. The Morgan fingerprint density at radius 1 is 1.21 bits per heavy atom. The smallest absolute Gasteiger partial charge is 0.123 e. The van der Waals surface area contributed by atoms with E-state index < -0.39 is 12.8 Å². The number of hydrogen-bond acceptors (Lipinski definition) is 4. The summed E-state index contributed by atoms with van der Waals surface area (Å²) in [6.07, 6.45) is 5.90. The van der Waals surface area contributed by atoms with E-state index in [9.17, 15) is 9.50 Å². The van der Waals surface area contributed by atoms with Gasteiger partial charge in [-0.05, 0) is 37.6 Å². The molecule has 0 spiro atoms. The Balaban J connectivity index is 1.66. The molecule has 136 valence electrons. The number of aliphatic hydroxyl groups is 1. The lowest BCUT2D eigenvalue weighted by Crippen LogP contribution is -2.33. The molecule has 4 nitrogen and oxygen atoms in total. The molecule has 5 heteroatoms. The summed E-state index contributed by atoms with van der Waals surface area (Å²) in [5.74, 6) is 0.681. The molecule has 1 aromatic carbocycles. The third-order valence-corrected chi connectivity index (χ3v) is 4.32. The van der Waals surface area contributed by atoms with Crippen LogP contribution in [0, 0.1) is 0 Å². The Hall–Kier alpha value is -1.17. The van der Waals surface area contributed by atoms with Crippen molar-refractivity contribution < 1.29 is 19.0 Å². The van der Waals surface area contributed by atoms with E-state index in [2.05, 4.69) is 4.90 Å². The Morgan fingerprint density at radius 3 is 2.58 bits per heavy atom. The minimum Gasteiger partial charge on any atom is -0.491 e. The van der Waals surface area contributed by atoms with Gasteiger partial charge in [0.1, 0.15) is 19.0 Å². The van der Waals surface area contributed by atoms with Crippen LogP contribution in [0.1, 0.15) is 37.7 Å². The molecule has 24 heavy (non-hydrogen) atoms. The molecule has 0 aliphatic heterocycles. The second-order valence-corrected chi connectivity index (χ2v) is 6.63. The Kier molecular flexibility index (Phi) is 8.50. The van der Waals surface area contributed by atoms with Gasteiger partial charge in [0.2, 0.25) is 0 Å². The highest BCUT2D eigenvalue weighted by Crippen LogP contribution is 2.20. The summed E-state index contributed by atoms with van der Waals surface area (Å²) in [6.45, 7) is 1.33. The van der Waals surface area contributed by atoms with Crippen molar-refractivity contribution in [1.29, 1.82) is 0 Å². The highest BCUT2D eigenvalue weighted by molar-refractivity contribution is 5.27. The second kappa shape index (κ2) is 10.6. The summed E-state index contributed by atoms with van der Waals surface area (Å²) >= 11 is 0. The predicted molar refractivity (Wildman–Crippen MR) is 93.1 cm³/mol. The molecular formula is C19H30FNO3. The highest BCUT2D eigenvalue weighted by atomic mass is 19.1. The molecule has 1 aliphatic carbocycles. The monoisotopic (exact) mass is 339 g/mol. The van der Waals surface area contributed by atoms with Gasteiger partial charge in [-0.1, -0.05) is 31.4 Å². The molecular weight excluding hydrogens is 309 g/mol. The average molecular weight is 339 g/mol. The van der Waals surface area contributed by atoms with Crippen molar-refractivity contribution in [3.63, 3.8) is 0 Å². The van der Waals surface area contributed by atoms with Gasteiger partial charge in [0, 0.05) is 13.1 Å². The van der Waals surface area contributed by atoms with Crippen molar-refractivity contribution in [3.05, 3.63) is 29.8 Å². The van der Waals surface area contributed by atoms with Crippen LogP contribution in [0.5, 0.6) is 5.75 Å². The predicted octanol–water partition coefficient (Wildman–Crippen LogP) is 3.18. The lowest BCUT2D eigenvalue weighted by atomic mass is 9.98. The van der Waals surface area contributed by atoms with Crippen LogP contribution in [0.15, 0.2) is 24.3 Å². The van der Waals surface area contributed by atoms with Crippen LogP contribution in [-0.4, -0.2) is 55.7 Å². The molecule has 1 unspecified atom stereocenters. The fourth-order valence-corrected chi connectivity index (χ4v) is 3.12. The van der Waals surface area contributed by atoms with Crippen LogP contribution in [0.3, 0.4) is 0 Å². The summed E-state index contributed by atoms with van der Waals surface area (Å²) in [4.78, 5) is 2.08. The van der Waals surface area contributed by atoms with E-state index in [-0.39, 0.29) is 6.61 Å². The Labute approximate surface area is 144 Å². The summed E-state index contributed by atoms with van der Waals surface area (Å²) in [6, 6.07) is 7.63. The van der Waals surface area contributed by atoms with Crippen LogP contribution in [-0.2, 0) is 11.3 Å². The van der Waals surface area contributed by atoms with E-state index in [1.54, 1.807) is 0 Å². The molecule has 0 heterocycles. The summed E-state index contributed by atoms with van der Waals surface area (Å²) in [7, 11) is 1.98. The first-order chi connectivity index (χ1) is 11.7. The molecule has 0 saturated heterocycles. The van der Waals surface area contributed by atoms with Crippen LogP contribution in [0.2, 0.25) is 0 Å². The quantitative estimate of drug-likeness (QED) is 0.711. The molecule has 0 aromatic heterocycles. The third-order valence-electron chi connectivity index (χ3n) is 4.32. The lowest BCUT2D eigenvalue weighted by molar-refractivity contribution is -0.0319. The zero-order valence-electron chi connectivity index (χ0n) is 14.6. The van der Waals surface area contributed by atoms with Gasteiger partial charge in [0.15, 0.2) is 0 Å². The van der Waals surface area contributed by atoms with Crippen LogP contribution < -0.4 is 4.74 Å². The first kappa shape index (κ1) is 19.2. The highest BCUT2D eigenvalue weighted by Gasteiger charge is 2.16. The first-order valence-electron chi connectivity index (χ1n) is 8.93. The van der Waals surface area contributed by atoms with E-state index in [0.29, 0.717) is 25.0 Å². The maximum Gasteiger partial charge on any atom is 0.123 e. The normalized spacial score (nSPS) is 17.2. The van der Waals surface area contributed by atoms with Gasteiger partial charge in [-0.15, -0.1) is 0 Å². The average Bonchev–Trinajstić information content (AvgIpc) is 2.60. The third kappa shape index (κ3) is 7.16. The topological polar surface area (TPSA) is 41.9 Å². The molecule has 1 N–H and O–H groups in total. The lowest BCUT2D eigenvalue weighted by Gasteiger charge is -2.25. The van der Waals surface area contributed by atoms with Gasteiger partial charge >= 0.3 is 0 Å². The molecule has 0 radical (unpaired) electrons. The molecule has 2 rings (SSSR count). The van der Waals surface area contributed by atoms with Crippen molar-refractivity contribution in [1.82, 2.24) is 4.90 Å². The molecule has 0 amide bonds. The summed E-state index contributed by atoms with van der Waals surface area (Å²) in [5.41, 5.74) is 1.13. The largest absolute Gasteiger partial charge is 0.491 e. The van der Waals surface area contributed by atoms with Crippen molar-refractivity contribution in [2.45, 2.75) is 50.9 Å². The first-order valence-corrected chi connectivity index (χ1v) is 8.93. The van der Waals surface area contributed by atoms with Gasteiger partial charge in [0.05, 0.1) is 18.8 Å². The standard InChI is InChI=1S/C19H30FNO3/c1-21(13-16-7-9-19(10-8-16)23-12-11-20)14-17(22)15-24-18-5-3-2-4-6-18/h7-10,17-18,22H,2-6,11-15H2,1H3. The molecule has 1 aliphatic rings. The number of likely N-dealkylation sites (N-methyl/N-ethyl adjacent to an activating group) is 1. The fraction of sp³-hybridized carbons (Fsp3) is 0.684. The SMILES string of the molecule is CN(Cc1ccc(OCCF)cc1)CC(O)COC1CCCCC1. The minimum atomic E-state index is -0.481. The Morgan fingerprint density at radius 2 is 1.92 bits per heavy atom. The number of alkyl halides is 1. The number of halogens is 1. The minimum absolute atomic E-state index is 0.0897. The maximum atomic E-state index is 12.1. The summed E-state index contributed by atoms with van der Waals surface area (Å²) < 4.78 is 23.1. The van der Waals surface area contributed by atoms with Gasteiger partial charge in [-0.2, -0.15) is 0 Å². The zero-order valence-corrected chi connectivity index (χ0v) is 14.6. The van der Waals surface area contributed by atoms with Crippen LogP contribution >= 0.6 is 0 Å². The maximum absolute atomic E-state index is 12.1. The molecule has 1 atom stereocenters. The van der Waals surface area contributed by atoms with E-state index in [1.807, 2.05) is 31.3 Å². The van der Waals surface area contributed by atoms with Gasteiger partial charge in [0.25, 0.3) is 0 Å². The van der Waals surface area contributed by atoms with E-state index >= 15 is 0 Å². The summed E-state index contributed by atoms with van der Waals surface area (Å²) in [5, 5.41) is 10.1. The van der Waals surface area contributed by atoms with Crippen molar-refractivity contribution in [2.24, 2.45) is 0 Å². The fourth-order valence-electron chi connectivity index (χ4n) is 3.12. The number of ether oxygens (including phenoxy) is 2. The van der Waals surface area contributed by atoms with Crippen molar-refractivity contribution in [3.8, 4) is 5.75 Å². The number of rotatable bonds is 10. The van der Waals surface area contributed by atoms with E-state index in [1.165, 1.54) is 19.3 Å². The second-order valence-electron chi connectivity index (χ2n) is 6.63. The molecule has 1 aromatic rings. The number of aliphatic hydroxyl groups excluding tert-OH is 1. The number of nitrogens with zero attached hydrogens (tertiary/aromatic N) is 1. The zero-order chi connectivity index (χ0) is 17.2. The van der Waals surface area contributed by atoms with E-state index in [4.69, 9.17) is 9.47 Å². The van der Waals surface area contributed by atoms with Gasteiger partial charge in [-0.3, -0.25) is 4.90 Å². The van der Waals surface area contributed by atoms with Gasteiger partial charge in [-0.25, -0.2) is 4.39 Å². The van der Waals surface area contributed by atoms with E-state index in [0.717, 1.165) is 24.9 Å². The van der Waals surface area contributed by atoms with Crippen molar-refractivity contribution in [2.75, 3.05) is 33.5 Å². The van der Waals surface area contributed by atoms with Crippen molar-refractivity contribution >= 4 is 0 Å². The number of hydrogen-bond donors (Lipinski definition) is 1. The Bertz CT molecular complexity index is 448.